The van der Waals surface area contributed by atoms with E-state index in [1.54, 1.807) is 16.2 Å². The molecule has 150 valence electrons. The Labute approximate surface area is 168 Å². The summed E-state index contributed by atoms with van der Waals surface area (Å²) in [6.45, 7) is 0.694. The maximum atomic E-state index is 12.4. The first-order chi connectivity index (χ1) is 14.0. The van der Waals surface area contributed by atoms with Crippen LogP contribution in [0.2, 0.25) is 0 Å². The van der Waals surface area contributed by atoms with E-state index in [1.165, 1.54) is 0 Å². The topological polar surface area (TPSA) is 85.1 Å². The number of imidazole rings is 1. The summed E-state index contributed by atoms with van der Waals surface area (Å²) in [7, 11) is 1.73. The van der Waals surface area contributed by atoms with Gasteiger partial charge < -0.3 is 10.6 Å². The molecule has 0 unspecified atom stereocenters. The predicted molar refractivity (Wildman–Crippen MR) is 111 cm³/mol. The minimum absolute atomic E-state index is 0.0618. The van der Waals surface area contributed by atoms with Crippen LogP contribution >= 0.6 is 0 Å². The van der Waals surface area contributed by atoms with Crippen LogP contribution in [0.1, 0.15) is 24.8 Å². The molecular weight excluding hydrogens is 368 g/mol. The molecule has 0 spiro atoms. The van der Waals surface area contributed by atoms with Gasteiger partial charge in [-0.25, -0.2) is 4.79 Å². The molecule has 1 aromatic heterocycles. The molecule has 1 aliphatic rings. The zero-order chi connectivity index (χ0) is 20.4. The number of nitrogens with zero attached hydrogens (tertiary/aromatic N) is 2. The Bertz CT molecular complexity index is 1120. The van der Waals surface area contributed by atoms with E-state index < -0.39 is 0 Å². The van der Waals surface area contributed by atoms with Gasteiger partial charge in [-0.15, -0.1) is 0 Å². The van der Waals surface area contributed by atoms with Crippen molar-refractivity contribution in [1.29, 1.82) is 0 Å². The number of aryl methyl sites for hydroxylation is 2. The van der Waals surface area contributed by atoms with Gasteiger partial charge in [0, 0.05) is 38.2 Å². The molecule has 2 N–H and O–H groups in total. The largest absolute Gasteiger partial charge is 0.352 e. The summed E-state index contributed by atoms with van der Waals surface area (Å²) in [4.78, 5) is 36.6. The molecule has 2 aromatic carbocycles. The number of amides is 2. The lowest BCUT2D eigenvalue weighted by Gasteiger charge is -2.09. The zero-order valence-corrected chi connectivity index (χ0v) is 16.4. The van der Waals surface area contributed by atoms with E-state index in [0.29, 0.717) is 13.1 Å². The van der Waals surface area contributed by atoms with E-state index in [9.17, 15) is 14.4 Å². The highest BCUT2D eigenvalue weighted by Crippen LogP contribution is 2.30. The van der Waals surface area contributed by atoms with Gasteiger partial charge in [0.15, 0.2) is 0 Å². The van der Waals surface area contributed by atoms with Crippen molar-refractivity contribution in [3.63, 3.8) is 0 Å². The van der Waals surface area contributed by atoms with Gasteiger partial charge in [0.25, 0.3) is 0 Å². The number of para-hydroxylation sites is 2. The highest BCUT2D eigenvalue weighted by atomic mass is 16.2. The van der Waals surface area contributed by atoms with Gasteiger partial charge in [0.05, 0.1) is 11.0 Å². The molecule has 0 bridgehead atoms. The van der Waals surface area contributed by atoms with Crippen LogP contribution in [0, 0.1) is 5.92 Å². The summed E-state index contributed by atoms with van der Waals surface area (Å²) in [6, 6.07) is 15.0. The van der Waals surface area contributed by atoms with Crippen molar-refractivity contribution in [2.24, 2.45) is 13.0 Å². The number of carbonyl (C=O) groups is 2. The molecule has 1 fully saturated rings. The van der Waals surface area contributed by atoms with Crippen LogP contribution < -0.4 is 16.3 Å². The lowest BCUT2D eigenvalue weighted by molar-refractivity contribution is -0.121. The monoisotopic (exact) mass is 392 g/mol. The van der Waals surface area contributed by atoms with Gasteiger partial charge in [-0.05, 0) is 42.7 Å². The van der Waals surface area contributed by atoms with E-state index >= 15 is 0 Å². The molecule has 1 saturated carbocycles. The van der Waals surface area contributed by atoms with E-state index in [0.717, 1.165) is 35.1 Å². The fraction of sp³-hybridized carbons (Fsp3) is 0.318. The quantitative estimate of drug-likeness (QED) is 0.647. The zero-order valence-electron chi connectivity index (χ0n) is 16.4. The summed E-state index contributed by atoms with van der Waals surface area (Å²) in [6.07, 6.45) is 2.13. The van der Waals surface area contributed by atoms with Gasteiger partial charge >= 0.3 is 5.69 Å². The van der Waals surface area contributed by atoms with Crippen LogP contribution in [0.5, 0.6) is 0 Å². The molecule has 4 rings (SSSR count). The maximum Gasteiger partial charge on any atom is 0.328 e. The van der Waals surface area contributed by atoms with Crippen LogP contribution in [0.4, 0.5) is 5.69 Å². The molecule has 7 heteroatoms. The van der Waals surface area contributed by atoms with E-state index in [2.05, 4.69) is 10.6 Å². The summed E-state index contributed by atoms with van der Waals surface area (Å²) in [5, 5.41) is 5.80. The minimum Gasteiger partial charge on any atom is -0.352 e. The molecular formula is C22H24N4O3. The molecule has 3 aromatic rings. The second-order valence-corrected chi connectivity index (χ2v) is 7.47. The number of anilines is 1. The van der Waals surface area contributed by atoms with E-state index in [-0.39, 0.29) is 29.8 Å². The van der Waals surface area contributed by atoms with Crippen molar-refractivity contribution >= 4 is 28.5 Å². The molecule has 0 atom stereocenters. The molecule has 2 amide bonds. The van der Waals surface area contributed by atoms with Gasteiger partial charge in [0.2, 0.25) is 11.8 Å². The SMILES string of the molecule is Cn1c(=O)n(CCC(=O)NCc2cccc(NC(=O)C3CC3)c2)c2ccccc21. The fourth-order valence-corrected chi connectivity index (χ4v) is 3.43. The number of nitrogens with one attached hydrogen (secondary N) is 2. The average Bonchev–Trinajstić information content (AvgIpc) is 3.54. The molecule has 29 heavy (non-hydrogen) atoms. The van der Waals surface area contributed by atoms with Crippen molar-refractivity contribution in [3.8, 4) is 0 Å². The van der Waals surface area contributed by atoms with Gasteiger partial charge in [0.1, 0.15) is 0 Å². The number of carbonyl (C=O) groups excluding carboxylic acids is 2. The third-order valence-corrected chi connectivity index (χ3v) is 5.25. The van der Waals surface area contributed by atoms with Crippen molar-refractivity contribution in [1.82, 2.24) is 14.5 Å². The lowest BCUT2D eigenvalue weighted by Crippen LogP contribution is -2.27. The Morgan fingerprint density at radius 3 is 2.59 bits per heavy atom. The lowest BCUT2D eigenvalue weighted by atomic mass is 10.2. The summed E-state index contributed by atoms with van der Waals surface area (Å²) in [5.74, 6) is 0.0831. The molecule has 1 aliphatic carbocycles. The molecule has 0 saturated heterocycles. The Hall–Kier alpha value is -3.35. The van der Waals surface area contributed by atoms with E-state index in [1.807, 2.05) is 48.5 Å². The maximum absolute atomic E-state index is 12.4. The molecule has 0 radical (unpaired) electrons. The highest BCUT2D eigenvalue weighted by Gasteiger charge is 2.29. The predicted octanol–water partition coefficient (Wildman–Crippen LogP) is 2.39. The molecule has 1 heterocycles. The smallest absolute Gasteiger partial charge is 0.328 e. The second kappa shape index (κ2) is 7.95. The Balaban J connectivity index is 1.33. The standard InChI is InChI=1S/C22H24N4O3/c1-25-18-7-2-3-8-19(18)26(22(25)29)12-11-20(27)23-14-15-5-4-6-17(13-15)24-21(28)16-9-10-16/h2-8,13,16H,9-12,14H2,1H3,(H,23,27)(H,24,28). The number of fused-ring (bicyclic) bond motifs is 1. The van der Waals surface area contributed by atoms with Crippen molar-refractivity contribution in [2.45, 2.75) is 32.4 Å². The number of rotatable bonds is 7. The van der Waals surface area contributed by atoms with Crippen molar-refractivity contribution in [2.75, 3.05) is 5.32 Å². The number of benzene rings is 2. The Kier molecular flexibility index (Phi) is 5.20. The van der Waals surface area contributed by atoms with Crippen molar-refractivity contribution < 1.29 is 9.59 Å². The second-order valence-electron chi connectivity index (χ2n) is 7.47. The first-order valence-electron chi connectivity index (χ1n) is 9.83. The fourth-order valence-electron chi connectivity index (χ4n) is 3.43. The average molecular weight is 392 g/mol. The first-order valence-corrected chi connectivity index (χ1v) is 9.83. The van der Waals surface area contributed by atoms with Crippen LogP contribution in [0.3, 0.4) is 0 Å². The Morgan fingerprint density at radius 2 is 1.83 bits per heavy atom. The first kappa shape index (κ1) is 19.0. The van der Waals surface area contributed by atoms with Gasteiger partial charge in [-0.2, -0.15) is 0 Å². The number of aromatic nitrogens is 2. The van der Waals surface area contributed by atoms with Crippen LogP contribution in [0.15, 0.2) is 53.3 Å². The van der Waals surface area contributed by atoms with E-state index in [4.69, 9.17) is 0 Å². The minimum atomic E-state index is -0.128. The van der Waals surface area contributed by atoms with Crippen LogP contribution in [-0.2, 0) is 29.7 Å². The third kappa shape index (κ3) is 4.23. The number of hydrogen-bond donors (Lipinski definition) is 2. The molecule has 0 aliphatic heterocycles. The molecule has 7 nitrogen and oxygen atoms in total. The third-order valence-electron chi connectivity index (χ3n) is 5.25. The van der Waals surface area contributed by atoms with Crippen LogP contribution in [-0.4, -0.2) is 20.9 Å². The van der Waals surface area contributed by atoms with Crippen LogP contribution in [0.25, 0.3) is 11.0 Å². The number of hydrogen-bond acceptors (Lipinski definition) is 3. The Morgan fingerprint density at radius 1 is 1.07 bits per heavy atom. The summed E-state index contributed by atoms with van der Waals surface area (Å²) < 4.78 is 3.22. The summed E-state index contributed by atoms with van der Waals surface area (Å²) >= 11 is 0. The van der Waals surface area contributed by atoms with Crippen molar-refractivity contribution in [3.05, 3.63) is 64.6 Å². The van der Waals surface area contributed by atoms with Gasteiger partial charge in [-0.1, -0.05) is 24.3 Å². The summed E-state index contributed by atoms with van der Waals surface area (Å²) in [5.41, 5.74) is 3.21. The van der Waals surface area contributed by atoms with Gasteiger partial charge in [-0.3, -0.25) is 18.7 Å². The highest BCUT2D eigenvalue weighted by molar-refractivity contribution is 5.94. The normalized spacial score (nSPS) is 13.4.